The second kappa shape index (κ2) is 5.09. The standard InChI is InChI=1S/C13H7Cl2NO/c14-12-5-4-11(7-13(12)15)17-10-3-1-2-9(6-10)8-16/h1-7H. The molecule has 84 valence electrons. The van der Waals surface area contributed by atoms with Gasteiger partial charge in [-0.1, -0.05) is 29.3 Å². The zero-order chi connectivity index (χ0) is 12.3. The number of ether oxygens (including phenoxy) is 1. The molecule has 0 radical (unpaired) electrons. The molecule has 0 aliphatic rings. The summed E-state index contributed by atoms with van der Waals surface area (Å²) < 4.78 is 5.56. The van der Waals surface area contributed by atoms with E-state index in [0.29, 0.717) is 27.1 Å². The molecule has 2 aromatic carbocycles. The maximum atomic E-state index is 8.76. The first-order valence-corrected chi connectivity index (χ1v) is 5.58. The molecule has 0 fully saturated rings. The average molecular weight is 264 g/mol. The minimum absolute atomic E-state index is 0.431. The van der Waals surface area contributed by atoms with Crippen molar-refractivity contribution in [1.82, 2.24) is 0 Å². The molecule has 0 atom stereocenters. The van der Waals surface area contributed by atoms with Gasteiger partial charge in [0.25, 0.3) is 0 Å². The number of nitriles is 1. The Morgan fingerprint density at radius 3 is 2.41 bits per heavy atom. The third-order valence-electron chi connectivity index (χ3n) is 2.09. The average Bonchev–Trinajstić information content (AvgIpc) is 2.34. The van der Waals surface area contributed by atoms with Crippen LogP contribution in [-0.2, 0) is 0 Å². The van der Waals surface area contributed by atoms with Gasteiger partial charge in [0.1, 0.15) is 11.5 Å². The first kappa shape index (κ1) is 11.8. The third-order valence-corrected chi connectivity index (χ3v) is 2.83. The molecule has 0 unspecified atom stereocenters. The molecule has 0 aliphatic carbocycles. The van der Waals surface area contributed by atoms with Crippen LogP contribution in [0.5, 0.6) is 11.5 Å². The lowest BCUT2D eigenvalue weighted by molar-refractivity contribution is 0.482. The van der Waals surface area contributed by atoms with E-state index in [-0.39, 0.29) is 0 Å². The summed E-state index contributed by atoms with van der Waals surface area (Å²) in [6, 6.07) is 13.9. The highest BCUT2D eigenvalue weighted by atomic mass is 35.5. The fourth-order valence-electron chi connectivity index (χ4n) is 1.31. The summed E-state index contributed by atoms with van der Waals surface area (Å²) in [4.78, 5) is 0. The summed E-state index contributed by atoms with van der Waals surface area (Å²) in [5.74, 6) is 1.16. The van der Waals surface area contributed by atoms with Crippen molar-refractivity contribution in [2.45, 2.75) is 0 Å². The van der Waals surface area contributed by atoms with Crippen molar-refractivity contribution >= 4 is 23.2 Å². The van der Waals surface area contributed by atoms with Gasteiger partial charge < -0.3 is 4.74 Å². The van der Waals surface area contributed by atoms with E-state index in [2.05, 4.69) is 0 Å². The van der Waals surface area contributed by atoms with Crippen LogP contribution in [0.1, 0.15) is 5.56 Å². The van der Waals surface area contributed by atoms with Gasteiger partial charge in [-0.15, -0.1) is 0 Å². The number of hydrogen-bond donors (Lipinski definition) is 0. The molecule has 2 rings (SSSR count). The van der Waals surface area contributed by atoms with Crippen LogP contribution in [0.3, 0.4) is 0 Å². The molecule has 0 aromatic heterocycles. The Kier molecular flexibility index (Phi) is 3.53. The summed E-state index contributed by atoms with van der Waals surface area (Å²) in [5.41, 5.74) is 0.544. The molecule has 0 N–H and O–H groups in total. The lowest BCUT2D eigenvalue weighted by Crippen LogP contribution is -1.85. The van der Waals surface area contributed by atoms with Crippen molar-refractivity contribution in [3.63, 3.8) is 0 Å². The van der Waals surface area contributed by atoms with Gasteiger partial charge in [0.15, 0.2) is 0 Å². The normalized spacial score (nSPS) is 9.71. The maximum Gasteiger partial charge on any atom is 0.129 e. The summed E-state index contributed by atoms with van der Waals surface area (Å²) in [6.07, 6.45) is 0. The quantitative estimate of drug-likeness (QED) is 0.790. The Bertz CT molecular complexity index is 590. The van der Waals surface area contributed by atoms with Crippen LogP contribution in [0.25, 0.3) is 0 Å². The van der Waals surface area contributed by atoms with E-state index in [1.807, 2.05) is 6.07 Å². The van der Waals surface area contributed by atoms with Gasteiger partial charge in [0.05, 0.1) is 21.7 Å². The third kappa shape index (κ3) is 2.91. The molecule has 2 nitrogen and oxygen atoms in total. The van der Waals surface area contributed by atoms with Gasteiger partial charge in [-0.2, -0.15) is 5.26 Å². The van der Waals surface area contributed by atoms with Crippen LogP contribution >= 0.6 is 23.2 Å². The lowest BCUT2D eigenvalue weighted by Gasteiger charge is -2.06. The zero-order valence-electron chi connectivity index (χ0n) is 8.65. The highest BCUT2D eigenvalue weighted by Crippen LogP contribution is 2.29. The first-order valence-electron chi connectivity index (χ1n) is 4.82. The van der Waals surface area contributed by atoms with E-state index < -0.39 is 0 Å². The predicted octanol–water partition coefficient (Wildman–Crippen LogP) is 4.66. The van der Waals surface area contributed by atoms with Crippen molar-refractivity contribution in [1.29, 1.82) is 5.26 Å². The van der Waals surface area contributed by atoms with Gasteiger partial charge in [-0.3, -0.25) is 0 Å². The first-order chi connectivity index (χ1) is 8.19. The van der Waals surface area contributed by atoms with Crippen molar-refractivity contribution in [2.75, 3.05) is 0 Å². The molecule has 0 spiro atoms. The van der Waals surface area contributed by atoms with Crippen LogP contribution in [0.2, 0.25) is 10.0 Å². The topological polar surface area (TPSA) is 33.0 Å². The van der Waals surface area contributed by atoms with E-state index in [1.54, 1.807) is 42.5 Å². The minimum Gasteiger partial charge on any atom is -0.457 e. The number of nitrogens with zero attached hydrogens (tertiary/aromatic N) is 1. The lowest BCUT2D eigenvalue weighted by atomic mass is 10.2. The largest absolute Gasteiger partial charge is 0.457 e. The Hall–Kier alpha value is -1.69. The minimum atomic E-state index is 0.431. The van der Waals surface area contributed by atoms with E-state index in [9.17, 15) is 0 Å². The van der Waals surface area contributed by atoms with E-state index in [1.165, 1.54) is 0 Å². The Morgan fingerprint density at radius 2 is 1.71 bits per heavy atom. The fraction of sp³-hybridized carbons (Fsp3) is 0. The molecular weight excluding hydrogens is 257 g/mol. The second-order valence-corrected chi connectivity index (χ2v) is 4.13. The van der Waals surface area contributed by atoms with Crippen LogP contribution in [0.15, 0.2) is 42.5 Å². The van der Waals surface area contributed by atoms with Gasteiger partial charge in [-0.25, -0.2) is 0 Å². The number of halogens is 2. The van der Waals surface area contributed by atoms with Gasteiger partial charge in [0.2, 0.25) is 0 Å². The van der Waals surface area contributed by atoms with Crippen molar-refractivity contribution in [3.05, 3.63) is 58.1 Å². The number of hydrogen-bond acceptors (Lipinski definition) is 2. The molecule has 2 aromatic rings. The summed E-state index contributed by atoms with van der Waals surface area (Å²) in [5, 5.41) is 9.67. The molecule has 0 aliphatic heterocycles. The van der Waals surface area contributed by atoms with Crippen LogP contribution in [-0.4, -0.2) is 0 Å². The van der Waals surface area contributed by atoms with E-state index >= 15 is 0 Å². The Labute approximate surface area is 109 Å². The van der Waals surface area contributed by atoms with Crippen LogP contribution < -0.4 is 4.74 Å². The molecule has 0 saturated heterocycles. The summed E-state index contributed by atoms with van der Waals surface area (Å²) in [6.45, 7) is 0. The molecule has 4 heteroatoms. The molecule has 0 amide bonds. The molecular formula is C13H7Cl2NO. The number of benzene rings is 2. The van der Waals surface area contributed by atoms with Gasteiger partial charge in [-0.05, 0) is 30.3 Å². The molecule has 0 saturated carbocycles. The van der Waals surface area contributed by atoms with Crippen LogP contribution in [0.4, 0.5) is 0 Å². The molecule has 0 heterocycles. The van der Waals surface area contributed by atoms with Crippen molar-refractivity contribution in [2.24, 2.45) is 0 Å². The van der Waals surface area contributed by atoms with E-state index in [4.69, 9.17) is 33.2 Å². The van der Waals surface area contributed by atoms with Crippen LogP contribution in [0, 0.1) is 11.3 Å². The van der Waals surface area contributed by atoms with Crippen molar-refractivity contribution < 1.29 is 4.74 Å². The molecule has 0 bridgehead atoms. The van der Waals surface area contributed by atoms with Crippen molar-refractivity contribution in [3.8, 4) is 17.6 Å². The maximum absolute atomic E-state index is 8.76. The smallest absolute Gasteiger partial charge is 0.129 e. The fourth-order valence-corrected chi connectivity index (χ4v) is 1.59. The van der Waals surface area contributed by atoms with E-state index in [0.717, 1.165) is 0 Å². The highest BCUT2D eigenvalue weighted by Gasteiger charge is 2.02. The monoisotopic (exact) mass is 263 g/mol. The summed E-state index contributed by atoms with van der Waals surface area (Å²) >= 11 is 11.7. The SMILES string of the molecule is N#Cc1cccc(Oc2ccc(Cl)c(Cl)c2)c1. The predicted molar refractivity (Wildman–Crippen MR) is 67.7 cm³/mol. The highest BCUT2D eigenvalue weighted by molar-refractivity contribution is 6.42. The number of rotatable bonds is 2. The second-order valence-electron chi connectivity index (χ2n) is 3.32. The van der Waals surface area contributed by atoms with Gasteiger partial charge in [0, 0.05) is 6.07 Å². The Morgan fingerprint density at radius 1 is 0.941 bits per heavy atom. The summed E-state index contributed by atoms with van der Waals surface area (Å²) in [7, 11) is 0. The zero-order valence-corrected chi connectivity index (χ0v) is 10.2. The van der Waals surface area contributed by atoms with Gasteiger partial charge >= 0.3 is 0 Å². The Balaban J connectivity index is 2.25. The molecule has 17 heavy (non-hydrogen) atoms.